The minimum Gasteiger partial charge on any atom is -0.352 e. The van der Waals surface area contributed by atoms with E-state index in [-0.39, 0.29) is 28.4 Å². The third kappa shape index (κ3) is 3.77. The molecule has 0 unspecified atom stereocenters. The van der Waals surface area contributed by atoms with Crippen LogP contribution in [0.1, 0.15) is 60.9 Å². The molecule has 0 aliphatic heterocycles. The number of H-pyrrole nitrogens is 1. The first-order valence-corrected chi connectivity index (χ1v) is 10.4. The summed E-state index contributed by atoms with van der Waals surface area (Å²) in [6.45, 7) is 5.46. The van der Waals surface area contributed by atoms with Gasteiger partial charge in [0.2, 0.25) is 0 Å². The predicted octanol–water partition coefficient (Wildman–Crippen LogP) is 0.956. The summed E-state index contributed by atoms with van der Waals surface area (Å²) in [5.41, 5.74) is 0.206. The van der Waals surface area contributed by atoms with Gasteiger partial charge >= 0.3 is 5.69 Å². The lowest BCUT2D eigenvalue weighted by atomic mass is 10.1. The van der Waals surface area contributed by atoms with Crippen LogP contribution in [0.25, 0.3) is 11.0 Å². The molecular weight excluding hydrogens is 386 g/mol. The maximum Gasteiger partial charge on any atom is 0.329 e. The molecule has 1 fully saturated rings. The molecule has 10 heteroatoms. The molecule has 1 aliphatic carbocycles. The smallest absolute Gasteiger partial charge is 0.329 e. The first-order chi connectivity index (χ1) is 14.5. The van der Waals surface area contributed by atoms with Gasteiger partial charge in [0.05, 0.1) is 10.9 Å². The average Bonchev–Trinajstić information content (AvgIpc) is 3.49. The van der Waals surface area contributed by atoms with Crippen molar-refractivity contribution in [1.29, 1.82) is 0 Å². The van der Waals surface area contributed by atoms with Gasteiger partial charge in [-0.3, -0.25) is 19.1 Å². The van der Waals surface area contributed by atoms with Gasteiger partial charge in [-0.05, 0) is 32.3 Å². The summed E-state index contributed by atoms with van der Waals surface area (Å²) in [6, 6.07) is 1.69. The largest absolute Gasteiger partial charge is 0.352 e. The summed E-state index contributed by atoms with van der Waals surface area (Å²) >= 11 is 0. The van der Waals surface area contributed by atoms with Gasteiger partial charge in [-0.1, -0.05) is 6.92 Å². The molecule has 1 saturated carbocycles. The van der Waals surface area contributed by atoms with Crippen molar-refractivity contribution in [2.45, 2.75) is 58.5 Å². The molecule has 2 N–H and O–H groups in total. The Labute approximate surface area is 172 Å². The Hall–Kier alpha value is -3.30. The molecule has 0 aromatic carbocycles. The van der Waals surface area contributed by atoms with Crippen LogP contribution in [0.3, 0.4) is 0 Å². The summed E-state index contributed by atoms with van der Waals surface area (Å²) in [4.78, 5) is 44.9. The third-order valence-corrected chi connectivity index (χ3v) is 5.33. The molecule has 30 heavy (non-hydrogen) atoms. The van der Waals surface area contributed by atoms with Gasteiger partial charge in [0, 0.05) is 37.7 Å². The van der Waals surface area contributed by atoms with Gasteiger partial charge in [-0.15, -0.1) is 10.2 Å². The molecule has 0 atom stereocenters. The molecule has 1 amide bonds. The average molecular weight is 411 g/mol. The Morgan fingerprint density at radius 1 is 1.30 bits per heavy atom. The minimum absolute atomic E-state index is 0.154. The van der Waals surface area contributed by atoms with Crippen LogP contribution < -0.4 is 16.6 Å². The van der Waals surface area contributed by atoms with Gasteiger partial charge in [0.25, 0.3) is 11.5 Å². The third-order valence-electron chi connectivity index (χ3n) is 5.33. The summed E-state index contributed by atoms with van der Waals surface area (Å²) in [7, 11) is 0. The number of rotatable bonds is 8. The second-order valence-corrected chi connectivity index (χ2v) is 7.52. The summed E-state index contributed by atoms with van der Waals surface area (Å²) in [5.74, 6) is 0.693. The molecule has 0 radical (unpaired) electrons. The lowest BCUT2D eigenvalue weighted by molar-refractivity contribution is 0.0955. The van der Waals surface area contributed by atoms with Gasteiger partial charge in [-0.25, -0.2) is 9.78 Å². The normalized spacial score (nSPS) is 13.7. The molecule has 3 heterocycles. The number of carbonyl (C=O) groups is 1. The first-order valence-electron chi connectivity index (χ1n) is 10.4. The second kappa shape index (κ2) is 8.21. The zero-order valence-electron chi connectivity index (χ0n) is 17.1. The number of pyridine rings is 1. The molecule has 10 nitrogen and oxygen atoms in total. The van der Waals surface area contributed by atoms with Crippen LogP contribution in [-0.4, -0.2) is 41.8 Å². The van der Waals surface area contributed by atoms with Crippen molar-refractivity contribution in [2.75, 3.05) is 6.54 Å². The summed E-state index contributed by atoms with van der Waals surface area (Å²) in [6.07, 6.45) is 4.87. The number of hydrogen-bond acceptors (Lipinski definition) is 6. The fraction of sp³-hybridized carbons (Fsp3) is 0.500. The highest BCUT2D eigenvalue weighted by molar-refractivity contribution is 6.05. The number of amides is 1. The predicted molar refractivity (Wildman–Crippen MR) is 111 cm³/mol. The van der Waals surface area contributed by atoms with Crippen LogP contribution in [0.4, 0.5) is 0 Å². The number of hydrogen-bond donors (Lipinski definition) is 2. The molecule has 0 saturated heterocycles. The van der Waals surface area contributed by atoms with Gasteiger partial charge in [0.1, 0.15) is 12.2 Å². The molecule has 0 bridgehead atoms. The molecule has 4 rings (SSSR count). The van der Waals surface area contributed by atoms with E-state index in [2.05, 4.69) is 25.5 Å². The number of nitrogens with one attached hydrogen (secondary N) is 2. The maximum absolute atomic E-state index is 13.0. The van der Waals surface area contributed by atoms with Crippen molar-refractivity contribution in [3.8, 4) is 0 Å². The van der Waals surface area contributed by atoms with E-state index in [0.29, 0.717) is 25.9 Å². The molecule has 3 aromatic heterocycles. The van der Waals surface area contributed by atoms with Crippen LogP contribution in [0.5, 0.6) is 0 Å². The van der Waals surface area contributed by atoms with Crippen LogP contribution in [0, 0.1) is 0 Å². The highest BCUT2D eigenvalue weighted by Gasteiger charge is 2.28. The van der Waals surface area contributed by atoms with Crippen LogP contribution >= 0.6 is 0 Å². The van der Waals surface area contributed by atoms with Gasteiger partial charge in [0.15, 0.2) is 5.65 Å². The number of fused-ring (bicyclic) bond motifs is 1. The number of nitrogens with zero attached hydrogens (tertiary/aromatic N) is 5. The van der Waals surface area contributed by atoms with Crippen molar-refractivity contribution < 1.29 is 4.79 Å². The van der Waals surface area contributed by atoms with E-state index >= 15 is 0 Å². The standard InChI is InChI=1S/C20H25N7O3/c1-3-9-27-17-16(19(29)24-20(27)30)13(10-14(23-17)12-5-6-12)18(28)21-8-7-15-25-22-11-26(15)4-2/h10-12H,3-9H2,1-2H3,(H,21,28)(H,24,29,30). The summed E-state index contributed by atoms with van der Waals surface area (Å²) in [5, 5.41) is 11.0. The van der Waals surface area contributed by atoms with Crippen molar-refractivity contribution in [2.24, 2.45) is 0 Å². The van der Waals surface area contributed by atoms with E-state index in [0.717, 1.165) is 30.9 Å². The lowest BCUT2D eigenvalue weighted by Crippen LogP contribution is -2.34. The van der Waals surface area contributed by atoms with Crippen molar-refractivity contribution >= 4 is 16.9 Å². The van der Waals surface area contributed by atoms with Crippen molar-refractivity contribution in [3.05, 3.63) is 50.3 Å². The zero-order valence-corrected chi connectivity index (χ0v) is 17.1. The van der Waals surface area contributed by atoms with Crippen LogP contribution in [-0.2, 0) is 19.5 Å². The van der Waals surface area contributed by atoms with E-state index in [4.69, 9.17) is 0 Å². The van der Waals surface area contributed by atoms with E-state index in [1.54, 1.807) is 12.4 Å². The van der Waals surface area contributed by atoms with Crippen molar-refractivity contribution in [1.82, 2.24) is 34.6 Å². The van der Waals surface area contributed by atoms with Crippen LogP contribution in [0.2, 0.25) is 0 Å². The monoisotopic (exact) mass is 411 g/mol. The number of aryl methyl sites for hydroxylation is 2. The molecule has 3 aromatic rings. The fourth-order valence-electron chi connectivity index (χ4n) is 3.61. The highest BCUT2D eigenvalue weighted by atomic mass is 16.2. The summed E-state index contributed by atoms with van der Waals surface area (Å²) < 4.78 is 3.36. The molecule has 0 spiro atoms. The lowest BCUT2D eigenvalue weighted by Gasteiger charge is -2.13. The number of carbonyl (C=O) groups excluding carboxylic acids is 1. The Balaban J connectivity index is 1.70. The highest BCUT2D eigenvalue weighted by Crippen LogP contribution is 2.39. The second-order valence-electron chi connectivity index (χ2n) is 7.52. The maximum atomic E-state index is 13.0. The number of aromatic amines is 1. The quantitative estimate of drug-likeness (QED) is 0.568. The van der Waals surface area contributed by atoms with E-state index in [9.17, 15) is 14.4 Å². The van der Waals surface area contributed by atoms with E-state index in [1.807, 2.05) is 18.4 Å². The fourth-order valence-corrected chi connectivity index (χ4v) is 3.61. The Kier molecular flexibility index (Phi) is 5.47. The van der Waals surface area contributed by atoms with Gasteiger partial charge in [-0.2, -0.15) is 0 Å². The minimum atomic E-state index is -0.590. The topological polar surface area (TPSA) is 128 Å². The van der Waals surface area contributed by atoms with Gasteiger partial charge < -0.3 is 9.88 Å². The Morgan fingerprint density at radius 3 is 2.80 bits per heavy atom. The Morgan fingerprint density at radius 2 is 2.10 bits per heavy atom. The zero-order chi connectivity index (χ0) is 21.3. The molecule has 158 valence electrons. The Bertz CT molecular complexity index is 1200. The van der Waals surface area contributed by atoms with Crippen molar-refractivity contribution in [3.63, 3.8) is 0 Å². The SMILES string of the molecule is CCCn1c(=O)[nH]c(=O)c2c(C(=O)NCCc3nncn3CC)cc(C3CC3)nc21. The molecule has 1 aliphatic rings. The van der Waals surface area contributed by atoms with Crippen LogP contribution in [0.15, 0.2) is 22.0 Å². The first kappa shape index (κ1) is 20.0. The molecular formula is C20H25N7O3. The van der Waals surface area contributed by atoms with E-state index in [1.165, 1.54) is 4.57 Å². The van der Waals surface area contributed by atoms with E-state index < -0.39 is 11.2 Å². The number of aromatic nitrogens is 6.